The molecule has 0 radical (unpaired) electrons. The van der Waals surface area contributed by atoms with Gasteiger partial charge in [0.1, 0.15) is 5.75 Å². The van der Waals surface area contributed by atoms with E-state index in [1.165, 1.54) is 5.56 Å². The van der Waals surface area contributed by atoms with Crippen molar-refractivity contribution in [3.63, 3.8) is 0 Å². The average molecular weight is 464 g/mol. The minimum Gasteiger partial charge on any atom is -0.497 e. The van der Waals surface area contributed by atoms with Crippen LogP contribution in [-0.4, -0.2) is 49.0 Å². The van der Waals surface area contributed by atoms with Crippen molar-refractivity contribution in [3.05, 3.63) is 62.7 Å². The van der Waals surface area contributed by atoms with Crippen molar-refractivity contribution in [1.29, 1.82) is 0 Å². The van der Waals surface area contributed by atoms with Crippen molar-refractivity contribution >= 4 is 28.5 Å². The molecule has 2 aromatic carbocycles. The molecule has 0 aliphatic carbocycles. The lowest BCUT2D eigenvalue weighted by Crippen LogP contribution is -2.35. The highest BCUT2D eigenvalue weighted by molar-refractivity contribution is 14.1. The highest BCUT2D eigenvalue weighted by Crippen LogP contribution is 2.20. The topological polar surface area (TPSA) is 32.8 Å². The van der Waals surface area contributed by atoms with E-state index in [1.54, 1.807) is 7.11 Å². The summed E-state index contributed by atoms with van der Waals surface area (Å²) in [6.07, 6.45) is 1.00. The largest absolute Gasteiger partial charge is 0.497 e. The van der Waals surface area contributed by atoms with Crippen LogP contribution in [0.4, 0.5) is 0 Å². The third-order valence-electron chi connectivity index (χ3n) is 4.86. The van der Waals surface area contributed by atoms with Gasteiger partial charge in [-0.3, -0.25) is 9.69 Å². The summed E-state index contributed by atoms with van der Waals surface area (Å²) in [5, 5.41) is 0. The monoisotopic (exact) mass is 464 g/mol. The van der Waals surface area contributed by atoms with Crippen molar-refractivity contribution in [2.75, 3.05) is 33.3 Å². The zero-order valence-corrected chi connectivity index (χ0v) is 17.5. The molecule has 1 heterocycles. The summed E-state index contributed by atoms with van der Waals surface area (Å²) < 4.78 is 6.29. The van der Waals surface area contributed by atoms with Gasteiger partial charge in [0.2, 0.25) is 0 Å². The first-order chi connectivity index (χ1) is 12.6. The molecule has 3 rings (SSSR count). The molecule has 1 saturated heterocycles. The number of hydrogen-bond donors (Lipinski definition) is 0. The Hall–Kier alpha value is -1.60. The van der Waals surface area contributed by atoms with Crippen molar-refractivity contribution in [2.45, 2.75) is 19.9 Å². The highest BCUT2D eigenvalue weighted by Gasteiger charge is 2.22. The van der Waals surface area contributed by atoms with E-state index in [1.807, 2.05) is 29.2 Å². The third-order valence-corrected chi connectivity index (χ3v) is 6.30. The predicted octanol–water partition coefficient (Wildman–Crippen LogP) is 3.96. The van der Waals surface area contributed by atoms with E-state index < -0.39 is 0 Å². The first-order valence-corrected chi connectivity index (χ1v) is 10.1. The maximum atomic E-state index is 12.9. The molecule has 0 spiro atoms. The minimum atomic E-state index is 0.157. The number of amides is 1. The van der Waals surface area contributed by atoms with Crippen LogP contribution in [0.25, 0.3) is 0 Å². The Morgan fingerprint density at radius 1 is 1.08 bits per heavy atom. The summed E-state index contributed by atoms with van der Waals surface area (Å²) in [4.78, 5) is 17.4. The summed E-state index contributed by atoms with van der Waals surface area (Å²) in [6, 6.07) is 14.2. The van der Waals surface area contributed by atoms with E-state index in [0.717, 1.165) is 59.6 Å². The first-order valence-electron chi connectivity index (χ1n) is 8.98. The molecule has 0 aromatic heterocycles. The van der Waals surface area contributed by atoms with Crippen LogP contribution < -0.4 is 4.74 Å². The number of rotatable bonds is 4. The van der Waals surface area contributed by atoms with Gasteiger partial charge in [0, 0.05) is 36.3 Å². The van der Waals surface area contributed by atoms with Gasteiger partial charge in [0.05, 0.1) is 12.7 Å². The number of hydrogen-bond acceptors (Lipinski definition) is 3. The molecule has 0 unspecified atom stereocenters. The van der Waals surface area contributed by atoms with Crippen LogP contribution in [-0.2, 0) is 6.54 Å². The van der Waals surface area contributed by atoms with E-state index >= 15 is 0 Å². The van der Waals surface area contributed by atoms with Crippen LogP contribution in [0.15, 0.2) is 42.5 Å². The van der Waals surface area contributed by atoms with Crippen molar-refractivity contribution < 1.29 is 9.53 Å². The smallest absolute Gasteiger partial charge is 0.254 e. The quantitative estimate of drug-likeness (QED) is 0.643. The van der Waals surface area contributed by atoms with Gasteiger partial charge in [0.15, 0.2) is 0 Å². The Labute approximate surface area is 169 Å². The van der Waals surface area contributed by atoms with Crippen molar-refractivity contribution in [2.24, 2.45) is 0 Å². The molecular formula is C21H25IN2O2. The lowest BCUT2D eigenvalue weighted by molar-refractivity contribution is 0.0760. The molecular weight excluding hydrogens is 439 g/mol. The molecule has 1 aliphatic rings. The number of methoxy groups -OCH3 is 1. The molecule has 0 atom stereocenters. The van der Waals surface area contributed by atoms with E-state index in [4.69, 9.17) is 4.74 Å². The van der Waals surface area contributed by atoms with E-state index in [0.29, 0.717) is 0 Å². The number of ether oxygens (including phenoxy) is 1. The summed E-state index contributed by atoms with van der Waals surface area (Å²) in [5.74, 6) is 1.04. The molecule has 1 fully saturated rings. The lowest BCUT2D eigenvalue weighted by atomic mass is 10.1. The molecule has 5 heteroatoms. The maximum Gasteiger partial charge on any atom is 0.254 e. The molecule has 0 saturated carbocycles. The molecule has 1 amide bonds. The number of carbonyl (C=O) groups is 1. The molecule has 138 valence electrons. The Morgan fingerprint density at radius 2 is 1.85 bits per heavy atom. The lowest BCUT2D eigenvalue weighted by Gasteiger charge is -2.23. The molecule has 1 aliphatic heterocycles. The van der Waals surface area contributed by atoms with Crippen LogP contribution >= 0.6 is 22.6 Å². The zero-order chi connectivity index (χ0) is 18.5. The van der Waals surface area contributed by atoms with Gasteiger partial charge in [-0.05, 0) is 65.3 Å². The van der Waals surface area contributed by atoms with Crippen LogP contribution in [0.5, 0.6) is 5.75 Å². The summed E-state index contributed by atoms with van der Waals surface area (Å²) in [6.45, 7) is 6.48. The Kier molecular flexibility index (Phi) is 6.53. The van der Waals surface area contributed by atoms with Gasteiger partial charge >= 0.3 is 0 Å². The molecule has 0 bridgehead atoms. The number of carbonyl (C=O) groups excluding carboxylic acids is 1. The van der Waals surface area contributed by atoms with Gasteiger partial charge in [-0.15, -0.1) is 0 Å². The van der Waals surface area contributed by atoms with Crippen molar-refractivity contribution in [1.82, 2.24) is 9.80 Å². The van der Waals surface area contributed by atoms with Gasteiger partial charge in [-0.1, -0.05) is 24.3 Å². The van der Waals surface area contributed by atoms with Crippen molar-refractivity contribution in [3.8, 4) is 5.75 Å². The number of nitrogens with zero attached hydrogens (tertiary/aromatic N) is 2. The van der Waals surface area contributed by atoms with Gasteiger partial charge in [-0.25, -0.2) is 0 Å². The standard InChI is InChI=1S/C21H25IN2O2/c1-16-5-3-6-19(20(16)22)21(25)24-12-4-11-23(13-14-24)15-17-7-9-18(26-2)10-8-17/h3,5-10H,4,11-15H2,1-2H3. The van der Waals surface area contributed by atoms with Crippen LogP contribution in [0, 0.1) is 10.5 Å². The van der Waals surface area contributed by atoms with Gasteiger partial charge in [0.25, 0.3) is 5.91 Å². The van der Waals surface area contributed by atoms with E-state index in [2.05, 4.69) is 52.6 Å². The summed E-state index contributed by atoms with van der Waals surface area (Å²) in [5.41, 5.74) is 3.26. The normalized spacial score (nSPS) is 15.6. The van der Waals surface area contributed by atoms with Gasteiger partial charge in [-0.2, -0.15) is 0 Å². The number of halogens is 1. The number of benzene rings is 2. The Balaban J connectivity index is 1.62. The number of aryl methyl sites for hydroxylation is 1. The molecule has 0 N–H and O–H groups in total. The second-order valence-electron chi connectivity index (χ2n) is 6.71. The summed E-state index contributed by atoms with van der Waals surface area (Å²) in [7, 11) is 1.69. The molecule has 2 aromatic rings. The summed E-state index contributed by atoms with van der Waals surface area (Å²) >= 11 is 2.28. The van der Waals surface area contributed by atoms with E-state index in [9.17, 15) is 4.79 Å². The Bertz CT molecular complexity index is 761. The van der Waals surface area contributed by atoms with Crippen LogP contribution in [0.3, 0.4) is 0 Å². The van der Waals surface area contributed by atoms with E-state index in [-0.39, 0.29) is 5.91 Å². The fraction of sp³-hybridized carbons (Fsp3) is 0.381. The maximum absolute atomic E-state index is 12.9. The fourth-order valence-corrected chi connectivity index (χ4v) is 3.89. The highest BCUT2D eigenvalue weighted by atomic mass is 127. The average Bonchev–Trinajstić information content (AvgIpc) is 2.90. The second-order valence-corrected chi connectivity index (χ2v) is 7.79. The zero-order valence-electron chi connectivity index (χ0n) is 15.4. The van der Waals surface area contributed by atoms with Gasteiger partial charge < -0.3 is 9.64 Å². The Morgan fingerprint density at radius 3 is 2.58 bits per heavy atom. The predicted molar refractivity (Wildman–Crippen MR) is 113 cm³/mol. The molecule has 4 nitrogen and oxygen atoms in total. The third kappa shape index (κ3) is 4.57. The SMILES string of the molecule is COc1ccc(CN2CCCN(C(=O)c3cccc(C)c3I)CC2)cc1. The molecule has 26 heavy (non-hydrogen) atoms. The van der Waals surface area contributed by atoms with Crippen LogP contribution in [0.1, 0.15) is 27.9 Å². The fourth-order valence-electron chi connectivity index (χ4n) is 3.30. The minimum absolute atomic E-state index is 0.157. The van der Waals surface area contributed by atoms with Crippen LogP contribution in [0.2, 0.25) is 0 Å². The first kappa shape index (κ1) is 19.2. The second kappa shape index (κ2) is 8.86.